The summed E-state index contributed by atoms with van der Waals surface area (Å²) in [5.41, 5.74) is 3.28. The zero-order valence-electron chi connectivity index (χ0n) is 10.00. The van der Waals surface area contributed by atoms with E-state index >= 15 is 0 Å². The molecule has 4 heteroatoms. The Bertz CT molecular complexity index is 704. The van der Waals surface area contributed by atoms with Gasteiger partial charge < -0.3 is 10.3 Å². The van der Waals surface area contributed by atoms with E-state index in [1.165, 1.54) is 0 Å². The van der Waals surface area contributed by atoms with Crippen LogP contribution in [-0.4, -0.2) is 21.8 Å². The third-order valence-corrected chi connectivity index (χ3v) is 3.27. The summed E-state index contributed by atoms with van der Waals surface area (Å²) in [4.78, 5) is 11.9. The van der Waals surface area contributed by atoms with Crippen molar-refractivity contribution >= 4 is 11.5 Å². The third kappa shape index (κ3) is 1.87. The maximum Gasteiger partial charge on any atom is 0.211 e. The van der Waals surface area contributed by atoms with E-state index in [2.05, 4.69) is 5.16 Å². The summed E-state index contributed by atoms with van der Waals surface area (Å²) in [6, 6.07) is 12.4. The lowest BCUT2D eigenvalue weighted by Crippen LogP contribution is -2.06. The Kier molecular flexibility index (Phi) is 2.56. The Balaban J connectivity index is 2.09. The van der Waals surface area contributed by atoms with Gasteiger partial charge in [-0.25, -0.2) is 0 Å². The Morgan fingerprint density at radius 2 is 1.84 bits per heavy atom. The van der Waals surface area contributed by atoms with Gasteiger partial charge in [0.2, 0.25) is 5.78 Å². The summed E-state index contributed by atoms with van der Waals surface area (Å²) < 4.78 is 0. The van der Waals surface area contributed by atoms with Gasteiger partial charge in [0.05, 0.1) is 0 Å². The number of carbonyl (C=O) groups excluding carboxylic acids is 1. The first-order valence-electron chi connectivity index (χ1n) is 5.87. The molecule has 0 bridgehead atoms. The molecule has 2 N–H and O–H groups in total. The van der Waals surface area contributed by atoms with Crippen molar-refractivity contribution in [1.82, 2.24) is 0 Å². The van der Waals surface area contributed by atoms with E-state index in [0.717, 1.165) is 16.7 Å². The van der Waals surface area contributed by atoms with Gasteiger partial charge >= 0.3 is 0 Å². The van der Waals surface area contributed by atoms with Crippen molar-refractivity contribution in [2.45, 2.75) is 6.42 Å². The maximum atomic E-state index is 11.9. The number of carbonyl (C=O) groups is 1. The minimum absolute atomic E-state index is 0.169. The van der Waals surface area contributed by atoms with Crippen molar-refractivity contribution < 1.29 is 15.1 Å². The molecule has 0 heterocycles. The molecule has 4 nitrogen and oxygen atoms in total. The van der Waals surface area contributed by atoms with Gasteiger partial charge in [0.25, 0.3) is 0 Å². The molecule has 0 unspecified atom stereocenters. The number of fused-ring (bicyclic) bond motifs is 1. The predicted molar refractivity (Wildman–Crippen MR) is 70.8 cm³/mol. The lowest BCUT2D eigenvalue weighted by atomic mass is 10.0. The fourth-order valence-electron chi connectivity index (χ4n) is 2.30. The fraction of sp³-hybridized carbons (Fsp3) is 0.0667. The largest absolute Gasteiger partial charge is 0.508 e. The van der Waals surface area contributed by atoms with Gasteiger partial charge in [-0.05, 0) is 34.9 Å². The Morgan fingerprint density at radius 3 is 2.58 bits per heavy atom. The van der Waals surface area contributed by atoms with Crippen LogP contribution in [0.3, 0.4) is 0 Å². The van der Waals surface area contributed by atoms with Gasteiger partial charge in [-0.1, -0.05) is 29.4 Å². The van der Waals surface area contributed by atoms with Crippen LogP contribution in [0.2, 0.25) is 0 Å². The molecule has 1 aliphatic carbocycles. The molecule has 0 saturated carbocycles. The van der Waals surface area contributed by atoms with E-state index in [0.29, 0.717) is 12.0 Å². The van der Waals surface area contributed by atoms with Crippen molar-refractivity contribution in [1.29, 1.82) is 0 Å². The molecular weight excluding hydrogens is 242 g/mol. The van der Waals surface area contributed by atoms with Gasteiger partial charge in [0.1, 0.15) is 11.5 Å². The SMILES string of the molecule is O=C1/C(=N\O)Cc2ccc(-c3cccc(O)c3)cc21. The summed E-state index contributed by atoms with van der Waals surface area (Å²) >= 11 is 0. The molecule has 0 aromatic heterocycles. The van der Waals surface area contributed by atoms with Gasteiger partial charge in [0.15, 0.2) is 0 Å². The number of Topliss-reactive ketones (excluding diaryl/α,β-unsaturated/α-hetero) is 1. The van der Waals surface area contributed by atoms with Crippen molar-refractivity contribution in [3.63, 3.8) is 0 Å². The second kappa shape index (κ2) is 4.24. The first-order valence-corrected chi connectivity index (χ1v) is 5.87. The zero-order valence-corrected chi connectivity index (χ0v) is 10.00. The smallest absolute Gasteiger partial charge is 0.211 e. The summed E-state index contributed by atoms with van der Waals surface area (Å²) in [5, 5.41) is 21.3. The van der Waals surface area contributed by atoms with E-state index in [4.69, 9.17) is 5.21 Å². The van der Waals surface area contributed by atoms with Crippen LogP contribution in [0.4, 0.5) is 0 Å². The lowest BCUT2D eigenvalue weighted by Gasteiger charge is -2.04. The normalized spacial score (nSPS) is 15.8. The van der Waals surface area contributed by atoms with E-state index in [9.17, 15) is 9.90 Å². The fourth-order valence-corrected chi connectivity index (χ4v) is 2.30. The molecule has 94 valence electrons. The molecule has 0 spiro atoms. The van der Waals surface area contributed by atoms with Crippen LogP contribution in [0.25, 0.3) is 11.1 Å². The molecule has 0 amide bonds. The molecule has 0 radical (unpaired) electrons. The molecule has 2 aromatic rings. The van der Waals surface area contributed by atoms with Crippen LogP contribution in [-0.2, 0) is 6.42 Å². The second-order valence-corrected chi connectivity index (χ2v) is 4.47. The molecular formula is C15H11NO3. The van der Waals surface area contributed by atoms with Gasteiger partial charge in [-0.15, -0.1) is 0 Å². The van der Waals surface area contributed by atoms with E-state index in [1.54, 1.807) is 24.3 Å². The second-order valence-electron chi connectivity index (χ2n) is 4.47. The highest BCUT2D eigenvalue weighted by Crippen LogP contribution is 2.28. The Labute approximate surface area is 109 Å². The first kappa shape index (κ1) is 11.5. The standard InChI is InChI=1S/C15H11NO3/c17-12-3-1-2-9(6-12)10-4-5-11-8-14(16-19)15(18)13(11)7-10/h1-7,17,19H,8H2/b16-14-. The highest BCUT2D eigenvalue weighted by molar-refractivity contribution is 6.49. The highest BCUT2D eigenvalue weighted by Gasteiger charge is 2.27. The quantitative estimate of drug-likeness (QED) is 0.606. The van der Waals surface area contributed by atoms with Crippen LogP contribution in [0.1, 0.15) is 15.9 Å². The van der Waals surface area contributed by atoms with Crippen LogP contribution in [0.5, 0.6) is 5.75 Å². The molecule has 1 aliphatic rings. The van der Waals surface area contributed by atoms with Crippen molar-refractivity contribution in [3.05, 3.63) is 53.6 Å². The van der Waals surface area contributed by atoms with Crippen molar-refractivity contribution in [2.75, 3.05) is 0 Å². The van der Waals surface area contributed by atoms with E-state index < -0.39 is 0 Å². The number of oxime groups is 1. The number of aromatic hydroxyl groups is 1. The monoisotopic (exact) mass is 253 g/mol. The number of phenolic OH excluding ortho intramolecular Hbond substituents is 1. The Hall–Kier alpha value is -2.62. The minimum Gasteiger partial charge on any atom is -0.508 e. The minimum atomic E-state index is -0.237. The average molecular weight is 253 g/mol. The van der Waals surface area contributed by atoms with Gasteiger partial charge in [-0.2, -0.15) is 0 Å². The molecule has 0 saturated heterocycles. The van der Waals surface area contributed by atoms with E-state index in [1.807, 2.05) is 18.2 Å². The number of rotatable bonds is 1. The lowest BCUT2D eigenvalue weighted by molar-refractivity contribution is 0.106. The first-order chi connectivity index (χ1) is 9.19. The van der Waals surface area contributed by atoms with Crippen LogP contribution >= 0.6 is 0 Å². The average Bonchev–Trinajstić information content (AvgIpc) is 2.75. The maximum absolute atomic E-state index is 11.9. The molecule has 3 rings (SSSR count). The summed E-state index contributed by atoms with van der Waals surface area (Å²) in [5.74, 6) is -0.0542. The molecule has 0 fully saturated rings. The third-order valence-electron chi connectivity index (χ3n) is 3.27. The van der Waals surface area contributed by atoms with Crippen molar-refractivity contribution in [2.24, 2.45) is 5.16 Å². The number of ketones is 1. The van der Waals surface area contributed by atoms with Gasteiger partial charge in [-0.3, -0.25) is 4.79 Å². The van der Waals surface area contributed by atoms with Crippen LogP contribution in [0.15, 0.2) is 47.6 Å². The summed E-state index contributed by atoms with van der Waals surface area (Å²) in [7, 11) is 0. The number of hydrogen-bond acceptors (Lipinski definition) is 4. The highest BCUT2D eigenvalue weighted by atomic mass is 16.4. The number of nitrogens with zero attached hydrogens (tertiary/aromatic N) is 1. The van der Waals surface area contributed by atoms with Crippen molar-refractivity contribution in [3.8, 4) is 16.9 Å². The number of benzene rings is 2. The number of phenols is 1. The zero-order chi connectivity index (χ0) is 13.4. The van der Waals surface area contributed by atoms with Gasteiger partial charge in [0, 0.05) is 12.0 Å². The topological polar surface area (TPSA) is 69.9 Å². The Morgan fingerprint density at radius 1 is 1.05 bits per heavy atom. The predicted octanol–water partition coefficient (Wildman–Crippen LogP) is 2.63. The van der Waals surface area contributed by atoms with E-state index in [-0.39, 0.29) is 17.2 Å². The van der Waals surface area contributed by atoms with Crippen LogP contribution < -0.4 is 0 Å². The number of hydrogen-bond donors (Lipinski definition) is 2. The molecule has 19 heavy (non-hydrogen) atoms. The summed E-state index contributed by atoms with van der Waals surface area (Å²) in [6.45, 7) is 0. The molecule has 0 aliphatic heterocycles. The molecule has 0 atom stereocenters. The molecule has 2 aromatic carbocycles. The summed E-state index contributed by atoms with van der Waals surface area (Å²) in [6.07, 6.45) is 0.366. The van der Waals surface area contributed by atoms with Crippen LogP contribution in [0, 0.1) is 0 Å².